The summed E-state index contributed by atoms with van der Waals surface area (Å²) < 4.78 is 4.80. The number of allylic oxidation sites excluding steroid dienone is 1. The van der Waals surface area contributed by atoms with E-state index >= 15 is 0 Å². The second kappa shape index (κ2) is 10.6. The van der Waals surface area contributed by atoms with Crippen LogP contribution in [0.3, 0.4) is 0 Å². The van der Waals surface area contributed by atoms with Crippen molar-refractivity contribution in [2.24, 2.45) is 5.92 Å². The summed E-state index contributed by atoms with van der Waals surface area (Å²) in [5, 5.41) is 0. The zero-order valence-electron chi connectivity index (χ0n) is 12.7. The predicted octanol–water partition coefficient (Wildman–Crippen LogP) is 4.55. The van der Waals surface area contributed by atoms with Gasteiger partial charge in [-0.3, -0.25) is 9.59 Å². The Morgan fingerprint density at radius 2 is 1.85 bits per heavy atom. The molecule has 114 valence electrons. The summed E-state index contributed by atoms with van der Waals surface area (Å²) in [6, 6.07) is 0. The van der Waals surface area contributed by atoms with Crippen molar-refractivity contribution in [3.05, 3.63) is 12.2 Å². The van der Waals surface area contributed by atoms with E-state index in [0.717, 1.165) is 25.7 Å². The Morgan fingerprint density at radius 3 is 2.65 bits per heavy atom. The Hall–Kier alpha value is -1.12. The van der Waals surface area contributed by atoms with Crippen molar-refractivity contribution in [1.82, 2.24) is 0 Å². The number of hydrogen-bond acceptors (Lipinski definition) is 3. The van der Waals surface area contributed by atoms with Crippen molar-refractivity contribution in [1.29, 1.82) is 0 Å². The number of carbonyl (C=O) groups is 2. The third-order valence-electron chi connectivity index (χ3n) is 3.76. The quantitative estimate of drug-likeness (QED) is 0.283. The third kappa shape index (κ3) is 7.46. The molecule has 20 heavy (non-hydrogen) atoms. The molecule has 1 saturated heterocycles. The molecule has 1 aliphatic heterocycles. The number of esters is 2. The van der Waals surface area contributed by atoms with E-state index in [1.54, 1.807) is 0 Å². The molecule has 1 heterocycles. The lowest BCUT2D eigenvalue weighted by molar-refractivity contribution is -0.162. The molecule has 0 amide bonds. The fourth-order valence-electron chi connectivity index (χ4n) is 2.47. The number of unbranched alkanes of at least 4 members (excludes halogenated alkanes) is 6. The number of carbonyl (C=O) groups excluding carboxylic acids is 2. The summed E-state index contributed by atoms with van der Waals surface area (Å²) in [4.78, 5) is 22.9. The van der Waals surface area contributed by atoms with Gasteiger partial charge in [-0.05, 0) is 25.7 Å². The first-order valence-corrected chi connectivity index (χ1v) is 8.15. The van der Waals surface area contributed by atoms with Crippen molar-refractivity contribution in [3.63, 3.8) is 0 Å². The van der Waals surface area contributed by atoms with Crippen LogP contribution in [0.2, 0.25) is 0 Å². The fourth-order valence-corrected chi connectivity index (χ4v) is 2.47. The number of rotatable bonds is 8. The van der Waals surface area contributed by atoms with E-state index in [0.29, 0.717) is 6.42 Å². The summed E-state index contributed by atoms with van der Waals surface area (Å²) >= 11 is 0. The first-order chi connectivity index (χ1) is 9.74. The standard InChI is InChI=1S/C17H28O3/c1-2-3-4-5-6-7-8-9-12-15-13-10-11-14-16(18)20-17(15)19/h9,12,15H,2-8,10-11,13-14H2,1H3. The van der Waals surface area contributed by atoms with Crippen LogP contribution in [0.4, 0.5) is 0 Å². The van der Waals surface area contributed by atoms with Crippen molar-refractivity contribution in [2.45, 2.75) is 77.6 Å². The zero-order valence-corrected chi connectivity index (χ0v) is 12.7. The van der Waals surface area contributed by atoms with Gasteiger partial charge in [0.15, 0.2) is 0 Å². The molecule has 0 saturated carbocycles. The Morgan fingerprint density at radius 1 is 1.10 bits per heavy atom. The fraction of sp³-hybridized carbons (Fsp3) is 0.765. The lowest BCUT2D eigenvalue weighted by Gasteiger charge is -2.14. The van der Waals surface area contributed by atoms with Crippen LogP contribution in [-0.4, -0.2) is 11.9 Å². The van der Waals surface area contributed by atoms with Gasteiger partial charge in [0.1, 0.15) is 0 Å². The van der Waals surface area contributed by atoms with Gasteiger partial charge in [0, 0.05) is 6.42 Å². The topological polar surface area (TPSA) is 43.4 Å². The van der Waals surface area contributed by atoms with Gasteiger partial charge in [0.05, 0.1) is 5.92 Å². The van der Waals surface area contributed by atoms with Crippen LogP contribution in [-0.2, 0) is 14.3 Å². The van der Waals surface area contributed by atoms with Crippen LogP contribution >= 0.6 is 0 Å². The first-order valence-electron chi connectivity index (χ1n) is 8.15. The average molecular weight is 280 g/mol. The molecule has 1 unspecified atom stereocenters. The molecule has 0 bridgehead atoms. The van der Waals surface area contributed by atoms with Crippen molar-refractivity contribution in [3.8, 4) is 0 Å². The van der Waals surface area contributed by atoms with Crippen molar-refractivity contribution >= 4 is 11.9 Å². The van der Waals surface area contributed by atoms with Crippen LogP contribution in [0.5, 0.6) is 0 Å². The highest BCUT2D eigenvalue weighted by molar-refractivity contribution is 5.87. The number of hydrogen-bond donors (Lipinski definition) is 0. The molecule has 1 aliphatic rings. The molecule has 1 rings (SSSR count). The summed E-state index contributed by atoms with van der Waals surface area (Å²) in [5.74, 6) is -0.961. The van der Waals surface area contributed by atoms with Gasteiger partial charge in [-0.2, -0.15) is 0 Å². The van der Waals surface area contributed by atoms with Crippen molar-refractivity contribution in [2.75, 3.05) is 0 Å². The highest BCUT2D eigenvalue weighted by atomic mass is 16.6. The third-order valence-corrected chi connectivity index (χ3v) is 3.76. The summed E-state index contributed by atoms with van der Waals surface area (Å²) in [6.45, 7) is 2.22. The van der Waals surface area contributed by atoms with E-state index in [9.17, 15) is 9.59 Å². The van der Waals surface area contributed by atoms with E-state index in [1.165, 1.54) is 38.5 Å². The van der Waals surface area contributed by atoms with E-state index in [2.05, 4.69) is 13.0 Å². The normalized spacial score (nSPS) is 20.8. The van der Waals surface area contributed by atoms with Gasteiger partial charge in [0.25, 0.3) is 0 Å². The Labute approximate surface area is 122 Å². The monoisotopic (exact) mass is 280 g/mol. The highest BCUT2D eigenvalue weighted by Crippen LogP contribution is 2.18. The van der Waals surface area contributed by atoms with Gasteiger partial charge >= 0.3 is 11.9 Å². The summed E-state index contributed by atoms with van der Waals surface area (Å²) in [6.07, 6.45) is 15.7. The summed E-state index contributed by atoms with van der Waals surface area (Å²) in [7, 11) is 0. The van der Waals surface area contributed by atoms with Crippen LogP contribution in [0, 0.1) is 5.92 Å². The minimum atomic E-state index is -0.371. The largest absolute Gasteiger partial charge is 0.393 e. The van der Waals surface area contributed by atoms with Crippen LogP contribution < -0.4 is 0 Å². The Kier molecular flexibility index (Phi) is 9.01. The average Bonchev–Trinajstić information content (AvgIpc) is 2.42. The molecule has 0 aromatic carbocycles. The van der Waals surface area contributed by atoms with Crippen molar-refractivity contribution < 1.29 is 14.3 Å². The van der Waals surface area contributed by atoms with Gasteiger partial charge in [-0.1, -0.05) is 57.6 Å². The SMILES string of the molecule is CCCCCCCCC=CC1CCCCC(=O)OC1=O. The van der Waals surface area contributed by atoms with Crippen LogP contribution in [0.15, 0.2) is 12.2 Å². The molecule has 1 atom stereocenters. The van der Waals surface area contributed by atoms with E-state index in [-0.39, 0.29) is 17.9 Å². The molecule has 1 fully saturated rings. The Bertz CT molecular complexity index is 320. The van der Waals surface area contributed by atoms with Gasteiger partial charge in [-0.25, -0.2) is 0 Å². The van der Waals surface area contributed by atoms with Gasteiger partial charge in [-0.15, -0.1) is 0 Å². The second-order valence-corrected chi connectivity index (χ2v) is 5.63. The predicted molar refractivity (Wildman–Crippen MR) is 80.2 cm³/mol. The molecule has 3 nitrogen and oxygen atoms in total. The molecule has 3 heteroatoms. The van der Waals surface area contributed by atoms with E-state index in [4.69, 9.17) is 4.74 Å². The maximum Gasteiger partial charge on any atom is 0.320 e. The molecule has 0 N–H and O–H groups in total. The lowest BCUT2D eigenvalue weighted by Crippen LogP contribution is -2.22. The Balaban J connectivity index is 2.18. The molecule has 0 aromatic rings. The number of ether oxygens (including phenoxy) is 1. The minimum Gasteiger partial charge on any atom is -0.393 e. The first kappa shape index (κ1) is 16.9. The highest BCUT2D eigenvalue weighted by Gasteiger charge is 2.22. The molecule has 0 aliphatic carbocycles. The lowest BCUT2D eigenvalue weighted by atomic mass is 9.98. The van der Waals surface area contributed by atoms with Gasteiger partial charge < -0.3 is 4.74 Å². The maximum atomic E-state index is 11.7. The van der Waals surface area contributed by atoms with E-state index in [1.807, 2.05) is 6.08 Å². The van der Waals surface area contributed by atoms with Crippen LogP contribution in [0.1, 0.15) is 77.6 Å². The van der Waals surface area contributed by atoms with E-state index < -0.39 is 0 Å². The maximum absolute atomic E-state index is 11.7. The number of cyclic esters (lactones) is 2. The smallest absolute Gasteiger partial charge is 0.320 e. The molecule has 0 aromatic heterocycles. The summed E-state index contributed by atoms with van der Waals surface area (Å²) in [5.41, 5.74) is 0. The molecular formula is C17H28O3. The molecule has 0 radical (unpaired) electrons. The second-order valence-electron chi connectivity index (χ2n) is 5.63. The minimum absolute atomic E-state index is 0.223. The molecular weight excluding hydrogens is 252 g/mol. The zero-order chi connectivity index (χ0) is 14.6. The van der Waals surface area contributed by atoms with Crippen LogP contribution in [0.25, 0.3) is 0 Å². The van der Waals surface area contributed by atoms with Gasteiger partial charge in [0.2, 0.25) is 0 Å². The molecule has 0 spiro atoms.